The molecule has 1 aliphatic rings. The number of hydrogen-bond acceptors (Lipinski definition) is 3. The first-order chi connectivity index (χ1) is 8.36. The van der Waals surface area contributed by atoms with E-state index in [9.17, 15) is 0 Å². The second-order valence-corrected chi connectivity index (χ2v) is 4.81. The van der Waals surface area contributed by atoms with E-state index in [-0.39, 0.29) is 0 Å². The van der Waals surface area contributed by atoms with Gasteiger partial charge < -0.3 is 10.5 Å². The van der Waals surface area contributed by atoms with Crippen molar-refractivity contribution in [1.29, 1.82) is 0 Å². The summed E-state index contributed by atoms with van der Waals surface area (Å²) in [7, 11) is 1.74. The highest BCUT2D eigenvalue weighted by molar-refractivity contribution is 5.25. The lowest BCUT2D eigenvalue weighted by molar-refractivity contribution is 0.279. The highest BCUT2D eigenvalue weighted by atomic mass is 16.5. The largest absolute Gasteiger partial charge is 0.481 e. The fraction of sp³-hybridized carbons (Fsp3) is 0.769. The van der Waals surface area contributed by atoms with Crippen LogP contribution in [0.2, 0.25) is 0 Å². The van der Waals surface area contributed by atoms with Crippen molar-refractivity contribution in [2.45, 2.75) is 51.0 Å². The molecule has 0 atom stereocenters. The molecule has 1 aromatic heterocycles. The third-order valence-corrected chi connectivity index (χ3v) is 3.58. The Labute approximate surface area is 103 Å². The van der Waals surface area contributed by atoms with Crippen LogP contribution in [0.5, 0.6) is 5.88 Å². The summed E-state index contributed by atoms with van der Waals surface area (Å²) in [6.45, 7) is 0.720. The van der Waals surface area contributed by atoms with E-state index < -0.39 is 0 Å². The van der Waals surface area contributed by atoms with Crippen LogP contribution in [0.3, 0.4) is 0 Å². The molecule has 4 heteroatoms. The third-order valence-electron chi connectivity index (χ3n) is 3.58. The van der Waals surface area contributed by atoms with Crippen LogP contribution in [0.15, 0.2) is 6.20 Å². The number of nitrogens with zero attached hydrogens (tertiary/aromatic N) is 2. The zero-order valence-corrected chi connectivity index (χ0v) is 10.7. The molecule has 2 rings (SSSR count). The number of rotatable bonds is 5. The van der Waals surface area contributed by atoms with E-state index in [1.54, 1.807) is 7.11 Å². The molecule has 1 heterocycles. The SMILES string of the molecule is COc1c(CCCN)cnn1C1CCCCC1. The van der Waals surface area contributed by atoms with E-state index in [4.69, 9.17) is 10.5 Å². The molecule has 1 aliphatic carbocycles. The van der Waals surface area contributed by atoms with Crippen molar-refractivity contribution in [3.63, 3.8) is 0 Å². The van der Waals surface area contributed by atoms with Crippen LogP contribution in [0, 0.1) is 0 Å². The Morgan fingerprint density at radius 2 is 2.18 bits per heavy atom. The Hall–Kier alpha value is -1.03. The van der Waals surface area contributed by atoms with Gasteiger partial charge in [0.15, 0.2) is 0 Å². The maximum atomic E-state index is 5.55. The predicted octanol–water partition coefficient (Wildman–Crippen LogP) is 2.29. The maximum Gasteiger partial charge on any atom is 0.214 e. The van der Waals surface area contributed by atoms with Gasteiger partial charge in [-0.3, -0.25) is 0 Å². The van der Waals surface area contributed by atoms with Crippen LogP contribution >= 0.6 is 0 Å². The molecule has 1 fully saturated rings. The van der Waals surface area contributed by atoms with Crippen molar-refractivity contribution in [2.75, 3.05) is 13.7 Å². The van der Waals surface area contributed by atoms with E-state index >= 15 is 0 Å². The maximum absolute atomic E-state index is 5.55. The summed E-state index contributed by atoms with van der Waals surface area (Å²) in [4.78, 5) is 0. The molecule has 0 aromatic carbocycles. The predicted molar refractivity (Wildman–Crippen MR) is 68.3 cm³/mol. The number of ether oxygens (including phenoxy) is 1. The number of nitrogens with two attached hydrogens (primary N) is 1. The van der Waals surface area contributed by atoms with E-state index in [0.29, 0.717) is 6.04 Å². The number of hydrogen-bond donors (Lipinski definition) is 1. The minimum atomic E-state index is 0.533. The first-order valence-electron chi connectivity index (χ1n) is 6.67. The average molecular weight is 237 g/mol. The van der Waals surface area contributed by atoms with Gasteiger partial charge in [0.1, 0.15) is 0 Å². The second kappa shape index (κ2) is 6.05. The first-order valence-corrected chi connectivity index (χ1v) is 6.67. The lowest BCUT2D eigenvalue weighted by Gasteiger charge is -2.23. The zero-order valence-electron chi connectivity index (χ0n) is 10.7. The highest BCUT2D eigenvalue weighted by Gasteiger charge is 2.21. The van der Waals surface area contributed by atoms with Crippen LogP contribution in [0.1, 0.15) is 50.1 Å². The van der Waals surface area contributed by atoms with Crippen molar-refractivity contribution in [1.82, 2.24) is 9.78 Å². The van der Waals surface area contributed by atoms with Crippen LogP contribution in [0.4, 0.5) is 0 Å². The fourth-order valence-electron chi connectivity index (χ4n) is 2.66. The fourth-order valence-corrected chi connectivity index (χ4v) is 2.66. The average Bonchev–Trinajstić information content (AvgIpc) is 2.80. The Balaban J connectivity index is 2.12. The van der Waals surface area contributed by atoms with Gasteiger partial charge in [-0.2, -0.15) is 5.10 Å². The molecular formula is C13H23N3O. The molecule has 4 nitrogen and oxygen atoms in total. The summed E-state index contributed by atoms with van der Waals surface area (Å²) in [6, 6.07) is 0.533. The summed E-state index contributed by atoms with van der Waals surface area (Å²) in [5.41, 5.74) is 6.75. The van der Waals surface area contributed by atoms with Gasteiger partial charge in [0.2, 0.25) is 5.88 Å². The van der Waals surface area contributed by atoms with E-state index in [1.807, 2.05) is 6.20 Å². The van der Waals surface area contributed by atoms with Crippen molar-refractivity contribution in [2.24, 2.45) is 5.73 Å². The van der Waals surface area contributed by atoms with E-state index in [0.717, 1.165) is 25.3 Å². The van der Waals surface area contributed by atoms with Crippen LogP contribution in [-0.2, 0) is 6.42 Å². The molecule has 1 saturated carbocycles. The number of methoxy groups -OCH3 is 1. The highest BCUT2D eigenvalue weighted by Crippen LogP contribution is 2.32. The molecular weight excluding hydrogens is 214 g/mol. The normalized spacial score (nSPS) is 17.3. The standard InChI is InChI=1S/C13H23N3O/c1-17-13-11(6-5-9-14)10-15-16(13)12-7-3-2-4-8-12/h10,12H,2-9,14H2,1H3. The molecule has 0 unspecified atom stereocenters. The summed E-state index contributed by atoms with van der Waals surface area (Å²) in [5.74, 6) is 0.949. The number of aryl methyl sites for hydroxylation is 1. The topological polar surface area (TPSA) is 53.1 Å². The Morgan fingerprint density at radius 1 is 1.41 bits per heavy atom. The molecule has 0 bridgehead atoms. The van der Waals surface area contributed by atoms with Gasteiger partial charge >= 0.3 is 0 Å². The Morgan fingerprint density at radius 3 is 2.82 bits per heavy atom. The molecule has 0 spiro atoms. The molecule has 17 heavy (non-hydrogen) atoms. The van der Waals surface area contributed by atoms with Gasteiger partial charge in [0, 0.05) is 5.56 Å². The molecule has 0 saturated heterocycles. The molecule has 0 radical (unpaired) electrons. The first kappa shape index (κ1) is 12.4. The van der Waals surface area contributed by atoms with Gasteiger partial charge in [0.25, 0.3) is 0 Å². The summed E-state index contributed by atoms with van der Waals surface area (Å²) in [6.07, 6.45) is 10.3. The van der Waals surface area contributed by atoms with Crippen molar-refractivity contribution >= 4 is 0 Å². The Bertz CT molecular complexity index is 342. The molecule has 0 amide bonds. The van der Waals surface area contributed by atoms with Crippen LogP contribution in [-0.4, -0.2) is 23.4 Å². The van der Waals surface area contributed by atoms with E-state index in [1.165, 1.54) is 37.7 Å². The molecule has 96 valence electrons. The van der Waals surface area contributed by atoms with E-state index in [2.05, 4.69) is 9.78 Å². The van der Waals surface area contributed by atoms with Gasteiger partial charge in [-0.1, -0.05) is 19.3 Å². The van der Waals surface area contributed by atoms with Gasteiger partial charge in [-0.15, -0.1) is 0 Å². The lowest BCUT2D eigenvalue weighted by Crippen LogP contribution is -2.15. The van der Waals surface area contributed by atoms with Gasteiger partial charge in [-0.25, -0.2) is 4.68 Å². The molecule has 0 aliphatic heterocycles. The van der Waals surface area contributed by atoms with Crippen LogP contribution in [0.25, 0.3) is 0 Å². The quantitative estimate of drug-likeness (QED) is 0.854. The minimum absolute atomic E-state index is 0.533. The van der Waals surface area contributed by atoms with Crippen molar-refractivity contribution < 1.29 is 4.74 Å². The Kier molecular flexibility index (Phi) is 4.42. The minimum Gasteiger partial charge on any atom is -0.481 e. The van der Waals surface area contributed by atoms with Crippen molar-refractivity contribution in [3.05, 3.63) is 11.8 Å². The third kappa shape index (κ3) is 2.80. The number of aromatic nitrogens is 2. The summed E-state index contributed by atoms with van der Waals surface area (Å²) in [5, 5.41) is 4.51. The summed E-state index contributed by atoms with van der Waals surface area (Å²) >= 11 is 0. The second-order valence-electron chi connectivity index (χ2n) is 4.81. The monoisotopic (exact) mass is 237 g/mol. The molecule has 2 N–H and O–H groups in total. The van der Waals surface area contributed by atoms with Gasteiger partial charge in [-0.05, 0) is 32.2 Å². The molecule has 1 aromatic rings. The smallest absolute Gasteiger partial charge is 0.214 e. The van der Waals surface area contributed by atoms with Gasteiger partial charge in [0.05, 0.1) is 19.3 Å². The summed E-state index contributed by atoms with van der Waals surface area (Å²) < 4.78 is 7.61. The van der Waals surface area contributed by atoms with Crippen LogP contribution < -0.4 is 10.5 Å². The van der Waals surface area contributed by atoms with Crippen molar-refractivity contribution in [3.8, 4) is 5.88 Å². The lowest BCUT2D eigenvalue weighted by atomic mass is 9.96. The zero-order chi connectivity index (χ0) is 12.1.